The fourth-order valence-corrected chi connectivity index (χ4v) is 4.41. The average molecular weight is 310 g/mol. The van der Waals surface area contributed by atoms with Gasteiger partial charge in [-0.25, -0.2) is 8.42 Å². The van der Waals surface area contributed by atoms with E-state index in [1.807, 2.05) is 37.3 Å². The molecule has 116 valence electrons. The predicted molar refractivity (Wildman–Crippen MR) is 84.0 cm³/mol. The van der Waals surface area contributed by atoms with Gasteiger partial charge in [0.05, 0.1) is 11.5 Å². The Morgan fingerprint density at radius 1 is 1.33 bits per heavy atom. The molecule has 6 heteroatoms. The Hall–Kier alpha value is -1.40. The summed E-state index contributed by atoms with van der Waals surface area (Å²) in [7, 11) is -2.88. The highest BCUT2D eigenvalue weighted by molar-refractivity contribution is 7.91. The second kappa shape index (κ2) is 7.04. The summed E-state index contributed by atoms with van der Waals surface area (Å²) >= 11 is 0. The van der Waals surface area contributed by atoms with Crippen molar-refractivity contribution in [3.63, 3.8) is 0 Å². The predicted octanol–water partition coefficient (Wildman–Crippen LogP) is 1.52. The molecule has 0 radical (unpaired) electrons. The van der Waals surface area contributed by atoms with Crippen molar-refractivity contribution < 1.29 is 13.2 Å². The number of nitrogens with zero attached hydrogens (tertiary/aromatic N) is 1. The molecule has 0 bridgehead atoms. The van der Waals surface area contributed by atoms with E-state index in [0.717, 1.165) is 12.2 Å². The van der Waals surface area contributed by atoms with Crippen LogP contribution in [0.25, 0.3) is 0 Å². The topological polar surface area (TPSA) is 66.5 Å². The lowest BCUT2D eigenvalue weighted by Crippen LogP contribution is -2.38. The Labute approximate surface area is 126 Å². The molecule has 0 spiro atoms. The van der Waals surface area contributed by atoms with Crippen LogP contribution in [0.1, 0.15) is 19.8 Å². The monoisotopic (exact) mass is 310 g/mol. The van der Waals surface area contributed by atoms with Crippen LogP contribution >= 0.6 is 0 Å². The Balaban J connectivity index is 1.82. The van der Waals surface area contributed by atoms with Gasteiger partial charge in [0.2, 0.25) is 5.91 Å². The Bertz CT molecular complexity index is 572. The zero-order chi connectivity index (χ0) is 15.3. The van der Waals surface area contributed by atoms with Crippen molar-refractivity contribution in [1.82, 2.24) is 4.90 Å². The maximum Gasteiger partial charge on any atom is 0.225 e. The first-order chi connectivity index (χ1) is 10.00. The second-order valence-electron chi connectivity index (χ2n) is 5.35. The van der Waals surface area contributed by atoms with E-state index in [9.17, 15) is 13.2 Å². The molecule has 1 amide bonds. The highest BCUT2D eigenvalue weighted by atomic mass is 32.2. The van der Waals surface area contributed by atoms with Crippen LogP contribution in [0.2, 0.25) is 0 Å². The number of benzene rings is 1. The van der Waals surface area contributed by atoms with Gasteiger partial charge >= 0.3 is 0 Å². The molecule has 0 aromatic heterocycles. The molecule has 5 nitrogen and oxygen atoms in total. The summed E-state index contributed by atoms with van der Waals surface area (Å²) in [5.74, 6) is 0.450. The van der Waals surface area contributed by atoms with Gasteiger partial charge in [-0.15, -0.1) is 0 Å². The Kier molecular flexibility index (Phi) is 5.36. The van der Waals surface area contributed by atoms with Crippen LogP contribution in [-0.2, 0) is 14.6 Å². The summed E-state index contributed by atoms with van der Waals surface area (Å²) in [6, 6.07) is 9.39. The molecule has 1 unspecified atom stereocenters. The van der Waals surface area contributed by atoms with Gasteiger partial charge in [0.1, 0.15) is 0 Å². The molecular formula is C15H22N2O3S. The third-order valence-electron chi connectivity index (χ3n) is 3.81. The number of carbonyl (C=O) groups excluding carboxylic acids is 1. The molecular weight excluding hydrogens is 288 g/mol. The molecule has 1 fully saturated rings. The minimum absolute atomic E-state index is 0.0412. The highest BCUT2D eigenvalue weighted by Crippen LogP contribution is 2.18. The largest absolute Gasteiger partial charge is 0.326 e. The minimum Gasteiger partial charge on any atom is -0.326 e. The maximum atomic E-state index is 11.9. The number of rotatable bonds is 6. The molecule has 21 heavy (non-hydrogen) atoms. The van der Waals surface area contributed by atoms with Gasteiger partial charge in [-0.2, -0.15) is 0 Å². The van der Waals surface area contributed by atoms with Crippen LogP contribution in [0.15, 0.2) is 30.3 Å². The number of sulfone groups is 1. The molecule has 1 saturated heterocycles. The summed E-state index contributed by atoms with van der Waals surface area (Å²) in [6.07, 6.45) is 1.05. The zero-order valence-electron chi connectivity index (χ0n) is 12.3. The first-order valence-electron chi connectivity index (χ1n) is 7.29. The van der Waals surface area contributed by atoms with E-state index in [-0.39, 0.29) is 23.5 Å². The van der Waals surface area contributed by atoms with Gasteiger partial charge in [0, 0.05) is 24.7 Å². The van der Waals surface area contributed by atoms with E-state index >= 15 is 0 Å². The molecule has 1 atom stereocenters. The molecule has 1 aromatic carbocycles. The van der Waals surface area contributed by atoms with Crippen molar-refractivity contribution in [3.8, 4) is 0 Å². The average Bonchev–Trinajstić information content (AvgIpc) is 2.81. The second-order valence-corrected chi connectivity index (χ2v) is 7.58. The fraction of sp³-hybridized carbons (Fsp3) is 0.533. The van der Waals surface area contributed by atoms with Crippen molar-refractivity contribution in [2.45, 2.75) is 25.8 Å². The Morgan fingerprint density at radius 3 is 2.62 bits per heavy atom. The van der Waals surface area contributed by atoms with Gasteiger partial charge < -0.3 is 5.32 Å². The smallest absolute Gasteiger partial charge is 0.225 e. The van der Waals surface area contributed by atoms with Crippen molar-refractivity contribution >= 4 is 21.4 Å². The van der Waals surface area contributed by atoms with Crippen molar-refractivity contribution in [3.05, 3.63) is 30.3 Å². The highest BCUT2D eigenvalue weighted by Gasteiger charge is 2.31. The summed E-state index contributed by atoms with van der Waals surface area (Å²) in [5, 5.41) is 2.84. The van der Waals surface area contributed by atoms with E-state index in [2.05, 4.69) is 10.2 Å². The number of hydrogen-bond acceptors (Lipinski definition) is 4. The van der Waals surface area contributed by atoms with Crippen LogP contribution in [0.3, 0.4) is 0 Å². The van der Waals surface area contributed by atoms with Gasteiger partial charge in [-0.1, -0.05) is 25.1 Å². The number of anilines is 1. The Morgan fingerprint density at radius 2 is 2.05 bits per heavy atom. The number of nitrogens with one attached hydrogen (secondary N) is 1. The molecule has 0 aliphatic carbocycles. The number of para-hydroxylation sites is 1. The zero-order valence-corrected chi connectivity index (χ0v) is 13.1. The van der Waals surface area contributed by atoms with Crippen molar-refractivity contribution in [2.24, 2.45) is 0 Å². The van der Waals surface area contributed by atoms with E-state index in [1.54, 1.807) is 0 Å². The molecule has 1 aromatic rings. The first-order valence-corrected chi connectivity index (χ1v) is 9.11. The number of hydrogen-bond donors (Lipinski definition) is 1. The van der Waals surface area contributed by atoms with Gasteiger partial charge in [0.25, 0.3) is 0 Å². The van der Waals surface area contributed by atoms with Crippen molar-refractivity contribution in [1.29, 1.82) is 0 Å². The lowest BCUT2D eigenvalue weighted by Gasteiger charge is -2.26. The lowest BCUT2D eigenvalue weighted by atomic mass is 10.2. The molecule has 1 N–H and O–H groups in total. The summed E-state index contributed by atoms with van der Waals surface area (Å²) < 4.78 is 23.1. The summed E-state index contributed by atoms with van der Waals surface area (Å²) in [5.41, 5.74) is 0.786. The van der Waals surface area contributed by atoms with E-state index in [4.69, 9.17) is 0 Å². The maximum absolute atomic E-state index is 11.9. The van der Waals surface area contributed by atoms with E-state index in [0.29, 0.717) is 19.4 Å². The van der Waals surface area contributed by atoms with Crippen LogP contribution in [0, 0.1) is 0 Å². The van der Waals surface area contributed by atoms with Gasteiger partial charge in [-0.05, 0) is 25.1 Å². The van der Waals surface area contributed by atoms with Crippen LogP contribution < -0.4 is 5.32 Å². The standard InChI is InChI=1S/C15H22N2O3S/c1-2-17(14-9-11-21(19,20)12-14)10-8-15(18)16-13-6-4-3-5-7-13/h3-7,14H,2,8-12H2,1H3,(H,16,18). The summed E-state index contributed by atoms with van der Waals surface area (Å²) in [6.45, 7) is 3.36. The fourth-order valence-electron chi connectivity index (χ4n) is 2.65. The van der Waals surface area contributed by atoms with Gasteiger partial charge in [-0.3, -0.25) is 9.69 Å². The molecule has 0 saturated carbocycles. The molecule has 1 heterocycles. The third-order valence-corrected chi connectivity index (χ3v) is 5.56. The third kappa shape index (κ3) is 4.82. The minimum atomic E-state index is -2.88. The van der Waals surface area contributed by atoms with Crippen LogP contribution in [0.5, 0.6) is 0 Å². The number of amides is 1. The quantitative estimate of drug-likeness (QED) is 0.865. The SMILES string of the molecule is CCN(CCC(=O)Nc1ccccc1)C1CCS(=O)(=O)C1. The molecule has 1 aliphatic rings. The van der Waals surface area contributed by atoms with Crippen molar-refractivity contribution in [2.75, 3.05) is 29.9 Å². The lowest BCUT2D eigenvalue weighted by molar-refractivity contribution is -0.116. The van der Waals surface area contributed by atoms with Crippen LogP contribution in [0.4, 0.5) is 5.69 Å². The van der Waals surface area contributed by atoms with E-state index in [1.165, 1.54) is 0 Å². The van der Waals surface area contributed by atoms with Gasteiger partial charge in [0.15, 0.2) is 9.84 Å². The number of carbonyl (C=O) groups is 1. The summed E-state index contributed by atoms with van der Waals surface area (Å²) in [4.78, 5) is 14.0. The van der Waals surface area contributed by atoms with E-state index < -0.39 is 9.84 Å². The van der Waals surface area contributed by atoms with Crippen LogP contribution in [-0.4, -0.2) is 49.9 Å². The first kappa shape index (κ1) is 16.0. The molecule has 1 aliphatic heterocycles. The normalized spacial score (nSPS) is 20.6. The molecule has 2 rings (SSSR count).